The van der Waals surface area contributed by atoms with Crippen molar-refractivity contribution < 1.29 is 23.9 Å². The lowest BCUT2D eigenvalue weighted by molar-refractivity contribution is -0.00308. The van der Waals surface area contributed by atoms with Gasteiger partial charge in [0.25, 0.3) is 5.91 Å². The second-order valence-corrected chi connectivity index (χ2v) is 10.8. The number of hydrogen-bond donors (Lipinski definition) is 0. The van der Waals surface area contributed by atoms with Crippen LogP contribution in [0.25, 0.3) is 0 Å². The first-order valence-corrected chi connectivity index (χ1v) is 12.4. The molecule has 1 atom stereocenters. The van der Waals surface area contributed by atoms with Crippen molar-refractivity contribution in [2.75, 3.05) is 26.2 Å². The van der Waals surface area contributed by atoms with E-state index in [0.29, 0.717) is 49.6 Å². The van der Waals surface area contributed by atoms with Gasteiger partial charge in [0, 0.05) is 37.2 Å². The van der Waals surface area contributed by atoms with E-state index in [1.165, 1.54) is 5.56 Å². The molecule has 0 aliphatic carbocycles. The summed E-state index contributed by atoms with van der Waals surface area (Å²) in [6, 6.07) is 15.3. The van der Waals surface area contributed by atoms with Gasteiger partial charge in [-0.15, -0.1) is 0 Å². The molecule has 1 spiro atoms. The summed E-state index contributed by atoms with van der Waals surface area (Å²) in [5, 5.41) is 0. The highest BCUT2D eigenvalue weighted by Crippen LogP contribution is 2.43. The molecule has 184 valence electrons. The normalized spacial score (nSPS) is 22.3. The van der Waals surface area contributed by atoms with E-state index >= 15 is 0 Å². The molecule has 0 saturated carbocycles. The molecule has 2 aromatic rings. The van der Waals surface area contributed by atoms with Crippen LogP contribution in [-0.2, 0) is 15.1 Å². The van der Waals surface area contributed by atoms with Gasteiger partial charge < -0.3 is 19.3 Å². The summed E-state index contributed by atoms with van der Waals surface area (Å²) in [6.45, 7) is 7.88. The number of benzene rings is 2. The number of fused-ring (bicyclic) bond motifs is 2. The summed E-state index contributed by atoms with van der Waals surface area (Å²) in [4.78, 5) is 41.4. The first-order chi connectivity index (χ1) is 16.7. The standard InChI is InChI=1S/C28H32N2O5/c1-27(2,3)35-26(33)29-15-12-20(13-16-29)19-8-10-21(11-9-19)24(31)30-17-14-28(18-30)23-7-5-4-6-22(23)25(32)34-28/h4-11,20H,12-18H2,1-3H3/t28-/m0/s1. The number of rotatable bonds is 2. The molecule has 3 aliphatic rings. The number of ether oxygens (including phenoxy) is 2. The lowest BCUT2D eigenvalue weighted by Gasteiger charge is -2.33. The average Bonchev–Trinajstić information content (AvgIpc) is 3.39. The zero-order chi connectivity index (χ0) is 24.8. The number of carbonyl (C=O) groups is 3. The first kappa shape index (κ1) is 23.4. The molecule has 0 bridgehead atoms. The molecule has 7 nitrogen and oxygen atoms in total. The minimum absolute atomic E-state index is 0.0476. The van der Waals surface area contributed by atoms with Crippen molar-refractivity contribution in [2.45, 2.75) is 57.2 Å². The lowest BCUT2D eigenvalue weighted by atomic mass is 9.89. The smallest absolute Gasteiger partial charge is 0.410 e. The zero-order valence-corrected chi connectivity index (χ0v) is 20.6. The third-order valence-corrected chi connectivity index (χ3v) is 7.22. The Bertz CT molecular complexity index is 1140. The second kappa shape index (κ2) is 8.70. The van der Waals surface area contributed by atoms with E-state index in [1.807, 2.05) is 63.2 Å². The second-order valence-electron chi connectivity index (χ2n) is 10.8. The molecular weight excluding hydrogens is 444 g/mol. The zero-order valence-electron chi connectivity index (χ0n) is 20.6. The molecule has 3 heterocycles. The Labute approximate surface area is 206 Å². The van der Waals surface area contributed by atoms with Gasteiger partial charge in [-0.2, -0.15) is 0 Å². The van der Waals surface area contributed by atoms with Crippen LogP contribution in [0.4, 0.5) is 4.79 Å². The van der Waals surface area contributed by atoms with Crippen LogP contribution in [0, 0.1) is 0 Å². The Morgan fingerprint density at radius 3 is 2.34 bits per heavy atom. The predicted octanol–water partition coefficient (Wildman–Crippen LogP) is 4.71. The number of hydrogen-bond acceptors (Lipinski definition) is 5. The number of nitrogens with zero attached hydrogens (tertiary/aromatic N) is 2. The van der Waals surface area contributed by atoms with E-state index in [4.69, 9.17) is 9.47 Å². The van der Waals surface area contributed by atoms with E-state index in [1.54, 1.807) is 15.9 Å². The van der Waals surface area contributed by atoms with Gasteiger partial charge in [0.15, 0.2) is 5.60 Å². The summed E-state index contributed by atoms with van der Waals surface area (Å²) in [5.74, 6) is -0.00661. The Morgan fingerprint density at radius 1 is 0.971 bits per heavy atom. The monoisotopic (exact) mass is 476 g/mol. The summed E-state index contributed by atoms with van der Waals surface area (Å²) in [5.41, 5.74) is 2.08. The summed E-state index contributed by atoms with van der Waals surface area (Å²) in [6.07, 6.45) is 2.09. The van der Waals surface area contributed by atoms with E-state index in [0.717, 1.165) is 18.4 Å². The average molecular weight is 477 g/mol. The molecule has 2 aromatic carbocycles. The molecule has 3 aliphatic heterocycles. The van der Waals surface area contributed by atoms with Crippen molar-refractivity contribution in [1.82, 2.24) is 9.80 Å². The molecule has 0 unspecified atom stereocenters. The summed E-state index contributed by atoms with van der Waals surface area (Å²) in [7, 11) is 0. The highest BCUT2D eigenvalue weighted by molar-refractivity contribution is 5.96. The van der Waals surface area contributed by atoms with Crippen LogP contribution in [0.3, 0.4) is 0 Å². The molecule has 35 heavy (non-hydrogen) atoms. The Balaban J connectivity index is 1.20. The Morgan fingerprint density at radius 2 is 1.66 bits per heavy atom. The minimum atomic E-state index is -0.731. The number of esters is 1. The van der Waals surface area contributed by atoms with Crippen LogP contribution < -0.4 is 0 Å². The van der Waals surface area contributed by atoms with Gasteiger partial charge in [-0.3, -0.25) is 4.79 Å². The minimum Gasteiger partial charge on any atom is -0.449 e. The van der Waals surface area contributed by atoms with Gasteiger partial charge in [-0.25, -0.2) is 9.59 Å². The summed E-state index contributed by atoms with van der Waals surface area (Å²) < 4.78 is 11.3. The van der Waals surface area contributed by atoms with Crippen molar-refractivity contribution in [3.63, 3.8) is 0 Å². The molecule has 7 heteroatoms. The van der Waals surface area contributed by atoms with Crippen LogP contribution in [0.5, 0.6) is 0 Å². The molecule has 0 N–H and O–H groups in total. The molecule has 2 saturated heterocycles. The predicted molar refractivity (Wildman–Crippen MR) is 130 cm³/mol. The van der Waals surface area contributed by atoms with E-state index < -0.39 is 11.2 Å². The van der Waals surface area contributed by atoms with E-state index in [9.17, 15) is 14.4 Å². The van der Waals surface area contributed by atoms with Crippen LogP contribution in [0.2, 0.25) is 0 Å². The SMILES string of the molecule is CC(C)(C)OC(=O)N1CCC(c2ccc(C(=O)N3CC[C@@]4(C3)OC(=O)c3ccccc34)cc2)CC1. The lowest BCUT2D eigenvalue weighted by Crippen LogP contribution is -2.41. The van der Waals surface area contributed by atoms with Gasteiger partial charge in [0.05, 0.1) is 12.1 Å². The van der Waals surface area contributed by atoms with Crippen LogP contribution in [0.1, 0.15) is 77.8 Å². The highest BCUT2D eigenvalue weighted by atomic mass is 16.6. The van der Waals surface area contributed by atoms with Crippen LogP contribution >= 0.6 is 0 Å². The van der Waals surface area contributed by atoms with E-state index in [-0.39, 0.29) is 18.0 Å². The summed E-state index contributed by atoms with van der Waals surface area (Å²) >= 11 is 0. The number of piperidine rings is 1. The van der Waals surface area contributed by atoms with Crippen LogP contribution in [0.15, 0.2) is 48.5 Å². The number of likely N-dealkylation sites (tertiary alicyclic amines) is 2. The maximum atomic E-state index is 13.2. The van der Waals surface area contributed by atoms with E-state index in [2.05, 4.69) is 0 Å². The number of amides is 2. The van der Waals surface area contributed by atoms with Crippen molar-refractivity contribution in [3.05, 3.63) is 70.8 Å². The fourth-order valence-electron chi connectivity index (χ4n) is 5.41. The van der Waals surface area contributed by atoms with Gasteiger partial charge in [0.1, 0.15) is 5.60 Å². The van der Waals surface area contributed by atoms with Crippen molar-refractivity contribution in [3.8, 4) is 0 Å². The molecule has 2 amide bonds. The quantitative estimate of drug-likeness (QED) is 0.587. The van der Waals surface area contributed by atoms with Crippen molar-refractivity contribution in [1.29, 1.82) is 0 Å². The Hall–Kier alpha value is -3.35. The maximum Gasteiger partial charge on any atom is 0.410 e. The fraction of sp³-hybridized carbons (Fsp3) is 0.464. The number of carbonyl (C=O) groups excluding carboxylic acids is 3. The van der Waals surface area contributed by atoms with Gasteiger partial charge >= 0.3 is 12.1 Å². The Kier molecular flexibility index (Phi) is 5.82. The maximum absolute atomic E-state index is 13.2. The van der Waals surface area contributed by atoms with Crippen molar-refractivity contribution >= 4 is 18.0 Å². The third kappa shape index (κ3) is 4.51. The van der Waals surface area contributed by atoms with Gasteiger partial charge in [-0.1, -0.05) is 30.3 Å². The van der Waals surface area contributed by atoms with Gasteiger partial charge in [-0.05, 0) is 63.3 Å². The molecular formula is C28H32N2O5. The highest BCUT2D eigenvalue weighted by Gasteiger charge is 2.50. The van der Waals surface area contributed by atoms with Crippen LogP contribution in [-0.4, -0.2) is 59.5 Å². The third-order valence-electron chi connectivity index (χ3n) is 7.22. The largest absolute Gasteiger partial charge is 0.449 e. The first-order valence-electron chi connectivity index (χ1n) is 12.4. The topological polar surface area (TPSA) is 76.2 Å². The van der Waals surface area contributed by atoms with Crippen molar-refractivity contribution in [2.24, 2.45) is 0 Å². The molecule has 2 fully saturated rings. The molecule has 0 radical (unpaired) electrons. The molecule has 0 aromatic heterocycles. The molecule has 5 rings (SSSR count). The fourth-order valence-corrected chi connectivity index (χ4v) is 5.41. The van der Waals surface area contributed by atoms with Gasteiger partial charge in [0.2, 0.25) is 0 Å².